The molecule has 66 valence electrons. The normalized spacial score (nSPS) is 14.6. The average Bonchev–Trinajstić information content (AvgIpc) is 1.97. The number of hydrogen-bond donors (Lipinski definition) is 0. The highest BCUT2D eigenvalue weighted by molar-refractivity contribution is 4.76. The first-order valence-electron chi connectivity index (χ1n) is 4.79. The SMILES string of the molecule is C/C=C\CCCC(C)C(C)C. The van der Waals surface area contributed by atoms with E-state index in [1.54, 1.807) is 0 Å². The molecule has 1 unspecified atom stereocenters. The van der Waals surface area contributed by atoms with Gasteiger partial charge in [-0.15, -0.1) is 0 Å². The van der Waals surface area contributed by atoms with Gasteiger partial charge in [0.05, 0.1) is 0 Å². The molecule has 0 saturated carbocycles. The predicted molar refractivity (Wildman–Crippen MR) is 52.7 cm³/mol. The van der Waals surface area contributed by atoms with Crippen LogP contribution >= 0.6 is 0 Å². The highest BCUT2D eigenvalue weighted by Gasteiger charge is 2.04. The van der Waals surface area contributed by atoms with Crippen molar-refractivity contribution < 1.29 is 0 Å². The van der Waals surface area contributed by atoms with Gasteiger partial charge < -0.3 is 0 Å². The van der Waals surface area contributed by atoms with Gasteiger partial charge in [-0.25, -0.2) is 0 Å². The number of allylic oxidation sites excluding steroid dienone is 2. The van der Waals surface area contributed by atoms with Crippen molar-refractivity contribution in [3.8, 4) is 0 Å². The molecular formula is C11H22. The zero-order valence-corrected chi connectivity index (χ0v) is 8.43. The Bertz CT molecular complexity index is 101. The molecule has 0 rings (SSSR count). The molecule has 1 atom stereocenters. The van der Waals surface area contributed by atoms with Gasteiger partial charge in [-0.1, -0.05) is 39.3 Å². The van der Waals surface area contributed by atoms with E-state index in [0.29, 0.717) is 0 Å². The monoisotopic (exact) mass is 154 g/mol. The van der Waals surface area contributed by atoms with E-state index >= 15 is 0 Å². The maximum absolute atomic E-state index is 2.35. The molecule has 0 aromatic heterocycles. The van der Waals surface area contributed by atoms with Crippen molar-refractivity contribution in [1.29, 1.82) is 0 Å². The first kappa shape index (κ1) is 10.7. The summed E-state index contributed by atoms with van der Waals surface area (Å²) < 4.78 is 0. The zero-order chi connectivity index (χ0) is 8.69. The summed E-state index contributed by atoms with van der Waals surface area (Å²) in [7, 11) is 0. The van der Waals surface area contributed by atoms with E-state index < -0.39 is 0 Å². The zero-order valence-electron chi connectivity index (χ0n) is 8.43. The van der Waals surface area contributed by atoms with Crippen LogP contribution in [-0.4, -0.2) is 0 Å². The summed E-state index contributed by atoms with van der Waals surface area (Å²) in [5, 5.41) is 0. The summed E-state index contributed by atoms with van der Waals surface area (Å²) in [6.07, 6.45) is 8.38. The Hall–Kier alpha value is -0.260. The molecule has 0 nitrogen and oxygen atoms in total. The van der Waals surface area contributed by atoms with Gasteiger partial charge in [0.1, 0.15) is 0 Å². The fourth-order valence-electron chi connectivity index (χ4n) is 1.06. The van der Waals surface area contributed by atoms with Gasteiger partial charge in [0, 0.05) is 0 Å². The molecule has 0 spiro atoms. The van der Waals surface area contributed by atoms with E-state index in [0.717, 1.165) is 11.8 Å². The first-order chi connectivity index (χ1) is 5.18. The average molecular weight is 154 g/mol. The Morgan fingerprint density at radius 1 is 1.18 bits per heavy atom. The van der Waals surface area contributed by atoms with E-state index in [1.807, 2.05) is 0 Å². The molecule has 0 aromatic rings. The molecule has 0 radical (unpaired) electrons. The lowest BCUT2D eigenvalue weighted by molar-refractivity contribution is 0.383. The molecule has 0 N–H and O–H groups in total. The lowest BCUT2D eigenvalue weighted by Gasteiger charge is -2.13. The molecule has 0 aliphatic carbocycles. The summed E-state index contributed by atoms with van der Waals surface area (Å²) in [5.41, 5.74) is 0. The minimum absolute atomic E-state index is 0.848. The first-order valence-corrected chi connectivity index (χ1v) is 4.79. The fourth-order valence-corrected chi connectivity index (χ4v) is 1.06. The smallest absolute Gasteiger partial charge is 0.0351 e. The summed E-state index contributed by atoms with van der Waals surface area (Å²) in [6, 6.07) is 0. The summed E-state index contributed by atoms with van der Waals surface area (Å²) in [4.78, 5) is 0. The molecule has 0 aliphatic heterocycles. The van der Waals surface area contributed by atoms with E-state index in [9.17, 15) is 0 Å². The van der Waals surface area contributed by atoms with Gasteiger partial charge in [0.25, 0.3) is 0 Å². The van der Waals surface area contributed by atoms with Crippen molar-refractivity contribution in [3.63, 3.8) is 0 Å². The highest BCUT2D eigenvalue weighted by atomic mass is 14.1. The molecule has 0 amide bonds. The quantitative estimate of drug-likeness (QED) is 0.414. The largest absolute Gasteiger partial charge is 0.0917 e. The second-order valence-corrected chi connectivity index (χ2v) is 3.72. The van der Waals surface area contributed by atoms with E-state index in [2.05, 4.69) is 39.8 Å². The van der Waals surface area contributed by atoms with Crippen molar-refractivity contribution >= 4 is 0 Å². The van der Waals surface area contributed by atoms with Gasteiger partial charge in [-0.2, -0.15) is 0 Å². The van der Waals surface area contributed by atoms with Crippen LogP contribution in [0, 0.1) is 11.8 Å². The molecular weight excluding hydrogens is 132 g/mol. The van der Waals surface area contributed by atoms with E-state index in [4.69, 9.17) is 0 Å². The van der Waals surface area contributed by atoms with Crippen molar-refractivity contribution in [2.75, 3.05) is 0 Å². The molecule has 0 heteroatoms. The Morgan fingerprint density at radius 2 is 1.82 bits per heavy atom. The fraction of sp³-hybridized carbons (Fsp3) is 0.818. The number of unbranched alkanes of at least 4 members (excludes halogenated alkanes) is 1. The molecule has 0 aromatic carbocycles. The highest BCUT2D eigenvalue weighted by Crippen LogP contribution is 2.16. The Labute approximate surface area is 71.7 Å². The molecule has 0 fully saturated rings. The molecule has 0 aliphatic rings. The van der Waals surface area contributed by atoms with Crippen LogP contribution in [0.25, 0.3) is 0 Å². The third kappa shape index (κ3) is 6.15. The third-order valence-corrected chi connectivity index (χ3v) is 2.40. The van der Waals surface area contributed by atoms with Gasteiger partial charge in [0.15, 0.2) is 0 Å². The van der Waals surface area contributed by atoms with Gasteiger partial charge in [-0.05, 0) is 31.6 Å². The number of rotatable bonds is 5. The standard InChI is InChI=1S/C11H22/c1-5-6-7-8-9-11(4)10(2)3/h5-6,10-11H,7-9H2,1-4H3/b6-5-. The second kappa shape index (κ2) is 6.45. The molecule has 0 bridgehead atoms. The minimum Gasteiger partial charge on any atom is -0.0917 e. The second-order valence-electron chi connectivity index (χ2n) is 3.72. The minimum atomic E-state index is 0.848. The van der Waals surface area contributed by atoms with Crippen LogP contribution in [0.1, 0.15) is 47.0 Å². The molecule has 11 heavy (non-hydrogen) atoms. The van der Waals surface area contributed by atoms with Crippen LogP contribution in [0.3, 0.4) is 0 Å². The maximum Gasteiger partial charge on any atom is -0.0351 e. The van der Waals surface area contributed by atoms with Crippen LogP contribution in [0.15, 0.2) is 12.2 Å². The van der Waals surface area contributed by atoms with Crippen molar-refractivity contribution in [2.45, 2.75) is 47.0 Å². The summed E-state index contributed by atoms with van der Waals surface area (Å²) >= 11 is 0. The van der Waals surface area contributed by atoms with Crippen LogP contribution in [-0.2, 0) is 0 Å². The number of hydrogen-bond acceptors (Lipinski definition) is 0. The van der Waals surface area contributed by atoms with Crippen LogP contribution < -0.4 is 0 Å². The van der Waals surface area contributed by atoms with Crippen LogP contribution in [0.5, 0.6) is 0 Å². The van der Waals surface area contributed by atoms with Crippen molar-refractivity contribution in [2.24, 2.45) is 11.8 Å². The topological polar surface area (TPSA) is 0 Å². The third-order valence-electron chi connectivity index (χ3n) is 2.40. The molecule has 0 saturated heterocycles. The maximum atomic E-state index is 2.35. The molecule has 0 heterocycles. The van der Waals surface area contributed by atoms with Crippen molar-refractivity contribution in [3.05, 3.63) is 12.2 Å². The van der Waals surface area contributed by atoms with Gasteiger partial charge in [-0.3, -0.25) is 0 Å². The van der Waals surface area contributed by atoms with Crippen LogP contribution in [0.2, 0.25) is 0 Å². The summed E-state index contributed by atoms with van der Waals surface area (Å²) in [6.45, 7) is 9.05. The lowest BCUT2D eigenvalue weighted by atomic mass is 9.93. The Morgan fingerprint density at radius 3 is 2.27 bits per heavy atom. The van der Waals surface area contributed by atoms with Crippen LogP contribution in [0.4, 0.5) is 0 Å². The Balaban J connectivity index is 3.24. The summed E-state index contributed by atoms with van der Waals surface area (Å²) in [5.74, 6) is 1.74. The predicted octanol–water partition coefficient (Wildman–Crippen LogP) is 4.02. The van der Waals surface area contributed by atoms with Crippen molar-refractivity contribution in [1.82, 2.24) is 0 Å². The van der Waals surface area contributed by atoms with Gasteiger partial charge >= 0.3 is 0 Å². The lowest BCUT2D eigenvalue weighted by Crippen LogP contribution is -2.02. The Kier molecular flexibility index (Phi) is 6.30. The van der Waals surface area contributed by atoms with Gasteiger partial charge in [0.2, 0.25) is 0 Å². The van der Waals surface area contributed by atoms with E-state index in [1.165, 1.54) is 19.3 Å². The van der Waals surface area contributed by atoms with E-state index in [-0.39, 0.29) is 0 Å².